The first-order valence-corrected chi connectivity index (χ1v) is 9.37. The van der Waals surface area contributed by atoms with Crippen LogP contribution in [0.4, 0.5) is 5.13 Å². The lowest BCUT2D eigenvalue weighted by Crippen LogP contribution is -2.16. The molecule has 1 aromatic rings. The van der Waals surface area contributed by atoms with Gasteiger partial charge in [0.15, 0.2) is 0 Å². The number of rotatable bonds is 4. The lowest BCUT2D eigenvalue weighted by atomic mass is 10.1. The average Bonchev–Trinajstić information content (AvgIpc) is 2.70. The largest absolute Gasteiger partial charge is 0.300 e. The second-order valence-corrected chi connectivity index (χ2v) is 9.59. The Bertz CT molecular complexity index is 708. The monoisotopic (exact) mass is 369 g/mol. The molecule has 0 saturated heterocycles. The topological polar surface area (TPSA) is 89.0 Å². The second-order valence-electron chi connectivity index (χ2n) is 5.42. The Balaban J connectivity index is 2.10. The third-order valence-electron chi connectivity index (χ3n) is 3.45. The molecule has 1 aliphatic rings. The fourth-order valence-electron chi connectivity index (χ4n) is 2.22. The first kappa shape index (κ1) is 16.7. The maximum atomic E-state index is 12.2. The van der Waals surface area contributed by atoms with Crippen LogP contribution in [0.1, 0.15) is 13.8 Å². The fraction of sp³-hybridized carbons (Fsp3) is 0.545. The number of sulfone groups is 1. The van der Waals surface area contributed by atoms with Gasteiger partial charge in [-0.2, -0.15) is 0 Å². The van der Waals surface area contributed by atoms with E-state index in [2.05, 4.69) is 15.5 Å². The number of nitrogens with zero attached hydrogens (tertiary/aromatic N) is 2. The Labute approximate surface area is 136 Å². The Morgan fingerprint density at radius 3 is 2.48 bits per heavy atom. The maximum absolute atomic E-state index is 12.2. The van der Waals surface area contributed by atoms with Gasteiger partial charge >= 0.3 is 0 Å². The molecule has 1 amide bonds. The van der Waals surface area contributed by atoms with E-state index in [1.165, 1.54) is 0 Å². The van der Waals surface area contributed by atoms with Gasteiger partial charge < -0.3 is 5.32 Å². The van der Waals surface area contributed by atoms with Crippen molar-refractivity contribution in [1.29, 1.82) is 0 Å². The van der Waals surface area contributed by atoms with Gasteiger partial charge in [0.1, 0.15) is 4.49 Å². The molecule has 2 unspecified atom stereocenters. The minimum atomic E-state index is -3.42. The van der Waals surface area contributed by atoms with Crippen LogP contribution in [0.5, 0.6) is 0 Å². The molecule has 1 aliphatic carbocycles. The molecular weight excluding hydrogens is 357 g/mol. The summed E-state index contributed by atoms with van der Waals surface area (Å²) in [4.78, 5) is 12.2. The highest BCUT2D eigenvalue weighted by Gasteiger charge is 2.60. The summed E-state index contributed by atoms with van der Waals surface area (Å²) in [6.45, 7) is 3.86. The summed E-state index contributed by atoms with van der Waals surface area (Å²) < 4.78 is 22.6. The number of nitrogens with one attached hydrogen (secondary N) is 1. The van der Waals surface area contributed by atoms with Crippen molar-refractivity contribution in [3.05, 3.63) is 10.6 Å². The average molecular weight is 370 g/mol. The van der Waals surface area contributed by atoms with Gasteiger partial charge in [0.25, 0.3) is 0 Å². The van der Waals surface area contributed by atoms with E-state index in [4.69, 9.17) is 23.2 Å². The van der Waals surface area contributed by atoms with Crippen LogP contribution in [-0.4, -0.2) is 30.8 Å². The van der Waals surface area contributed by atoms with Crippen molar-refractivity contribution in [3.63, 3.8) is 0 Å². The van der Waals surface area contributed by atoms with Crippen molar-refractivity contribution >= 4 is 55.4 Å². The summed E-state index contributed by atoms with van der Waals surface area (Å²) in [5.74, 6) is -0.618. The van der Waals surface area contributed by atoms with Crippen molar-refractivity contribution in [1.82, 2.24) is 10.2 Å². The molecule has 0 spiro atoms. The Kier molecular flexibility index (Phi) is 4.36. The third kappa shape index (κ3) is 3.56. The van der Waals surface area contributed by atoms with E-state index < -0.39 is 9.84 Å². The zero-order valence-corrected chi connectivity index (χ0v) is 14.6. The van der Waals surface area contributed by atoms with Crippen LogP contribution >= 0.6 is 34.5 Å². The molecule has 0 radical (unpaired) electrons. The number of allylic oxidation sites excluding steroid dienone is 1. The predicted octanol–water partition coefficient (Wildman–Crippen LogP) is 2.47. The second kappa shape index (κ2) is 5.49. The van der Waals surface area contributed by atoms with Crippen LogP contribution in [0.3, 0.4) is 0 Å². The van der Waals surface area contributed by atoms with E-state index >= 15 is 0 Å². The Morgan fingerprint density at radius 1 is 1.38 bits per heavy atom. The molecule has 21 heavy (non-hydrogen) atoms. The molecule has 1 saturated carbocycles. The third-order valence-corrected chi connectivity index (χ3v) is 6.21. The van der Waals surface area contributed by atoms with Crippen molar-refractivity contribution in [2.75, 3.05) is 11.6 Å². The summed E-state index contributed by atoms with van der Waals surface area (Å²) in [7, 11) is -3.42. The lowest BCUT2D eigenvalue weighted by molar-refractivity contribution is -0.118. The summed E-state index contributed by atoms with van der Waals surface area (Å²) >= 11 is 12.1. The SMILES string of the molecule is CC1(C)C(C=C(Cl)Cl)C1C(=O)Nc1nnc(S(C)(=O)=O)s1. The van der Waals surface area contributed by atoms with Crippen LogP contribution in [0, 0.1) is 17.3 Å². The quantitative estimate of drug-likeness (QED) is 0.823. The number of anilines is 1. The van der Waals surface area contributed by atoms with E-state index in [9.17, 15) is 13.2 Å². The highest BCUT2D eigenvalue weighted by molar-refractivity contribution is 7.92. The standard InChI is InChI=1S/C11H13Cl2N3O3S2/c1-11(2)5(4-6(12)13)7(11)8(17)14-9-15-16-10(20-9)21(3,18)19/h4-5,7H,1-3H3,(H,14,15,17). The van der Waals surface area contributed by atoms with Gasteiger partial charge in [0, 0.05) is 6.26 Å². The lowest BCUT2D eigenvalue weighted by Gasteiger charge is -2.01. The number of hydrogen-bond donors (Lipinski definition) is 1. The number of aromatic nitrogens is 2. The molecule has 0 aromatic carbocycles. The maximum Gasteiger partial charge on any atom is 0.234 e. The van der Waals surface area contributed by atoms with Gasteiger partial charge in [-0.25, -0.2) is 8.42 Å². The van der Waals surface area contributed by atoms with E-state index in [1.54, 1.807) is 6.08 Å². The molecule has 10 heteroatoms. The van der Waals surface area contributed by atoms with Crippen molar-refractivity contribution < 1.29 is 13.2 Å². The van der Waals surface area contributed by atoms with Gasteiger partial charge in [-0.15, -0.1) is 10.2 Å². The molecule has 1 fully saturated rings. The van der Waals surface area contributed by atoms with Crippen LogP contribution in [0.15, 0.2) is 14.9 Å². The summed E-state index contributed by atoms with van der Waals surface area (Å²) in [5, 5.41) is 9.93. The van der Waals surface area contributed by atoms with Gasteiger partial charge in [0.05, 0.1) is 5.92 Å². The van der Waals surface area contributed by atoms with Crippen molar-refractivity contribution in [2.24, 2.45) is 17.3 Å². The molecule has 1 heterocycles. The highest BCUT2D eigenvalue weighted by Crippen LogP contribution is 2.60. The molecule has 6 nitrogen and oxygen atoms in total. The smallest absolute Gasteiger partial charge is 0.234 e. The molecule has 2 rings (SSSR count). The van der Waals surface area contributed by atoms with E-state index in [1.807, 2.05) is 13.8 Å². The van der Waals surface area contributed by atoms with Gasteiger partial charge in [-0.1, -0.05) is 48.4 Å². The zero-order valence-electron chi connectivity index (χ0n) is 11.4. The molecule has 0 aliphatic heterocycles. The van der Waals surface area contributed by atoms with Crippen LogP contribution in [-0.2, 0) is 14.6 Å². The van der Waals surface area contributed by atoms with Crippen molar-refractivity contribution in [3.8, 4) is 0 Å². The van der Waals surface area contributed by atoms with E-state index in [0.29, 0.717) is 0 Å². The van der Waals surface area contributed by atoms with Gasteiger partial charge in [-0.3, -0.25) is 4.79 Å². The van der Waals surface area contributed by atoms with Gasteiger partial charge in [-0.05, 0) is 17.4 Å². The number of halogens is 2. The van der Waals surface area contributed by atoms with Crippen molar-refractivity contribution in [2.45, 2.75) is 18.2 Å². The van der Waals surface area contributed by atoms with Crippen LogP contribution in [0.25, 0.3) is 0 Å². The van der Waals surface area contributed by atoms with E-state index in [0.717, 1.165) is 17.6 Å². The summed E-state index contributed by atoms with van der Waals surface area (Å²) in [6, 6.07) is 0. The molecule has 1 aromatic heterocycles. The minimum absolute atomic E-state index is 0.0650. The Morgan fingerprint density at radius 2 is 2.00 bits per heavy atom. The molecular formula is C11H13Cl2N3O3S2. The zero-order chi connectivity index (χ0) is 16.0. The normalized spacial score (nSPS) is 23.5. The fourth-order valence-corrected chi connectivity index (χ4v) is 4.00. The molecule has 1 N–H and O–H groups in total. The Hall–Kier alpha value is -0.700. The molecule has 0 bridgehead atoms. The molecule has 2 atom stereocenters. The van der Waals surface area contributed by atoms with Crippen LogP contribution < -0.4 is 5.32 Å². The highest BCUT2D eigenvalue weighted by atomic mass is 35.5. The molecule has 116 valence electrons. The predicted molar refractivity (Wildman–Crippen MR) is 82.2 cm³/mol. The summed E-state index contributed by atoms with van der Waals surface area (Å²) in [6.07, 6.45) is 2.67. The number of amides is 1. The minimum Gasteiger partial charge on any atom is -0.300 e. The number of hydrogen-bond acceptors (Lipinski definition) is 6. The van der Waals surface area contributed by atoms with E-state index in [-0.39, 0.29) is 37.1 Å². The number of carbonyl (C=O) groups is 1. The van der Waals surface area contributed by atoms with Crippen LogP contribution in [0.2, 0.25) is 0 Å². The first-order chi connectivity index (χ1) is 9.53. The summed E-state index contributed by atoms with van der Waals surface area (Å²) in [5.41, 5.74) is -0.260. The van der Waals surface area contributed by atoms with Gasteiger partial charge in [0.2, 0.25) is 25.2 Å². The number of carbonyl (C=O) groups excluding carboxylic acids is 1. The first-order valence-electron chi connectivity index (χ1n) is 5.90.